The average Bonchev–Trinajstić information content (AvgIpc) is 2.75. The molecule has 152 valence electrons. The van der Waals surface area contributed by atoms with Crippen LogP contribution in [-0.4, -0.2) is 24.2 Å². The van der Waals surface area contributed by atoms with Crippen molar-refractivity contribution in [2.45, 2.75) is 13.0 Å². The van der Waals surface area contributed by atoms with Gasteiger partial charge >= 0.3 is 0 Å². The van der Waals surface area contributed by atoms with Gasteiger partial charge < -0.3 is 15.4 Å². The van der Waals surface area contributed by atoms with E-state index in [0.29, 0.717) is 32.9 Å². The first-order valence-corrected chi connectivity index (χ1v) is 10.3. The van der Waals surface area contributed by atoms with E-state index in [0.717, 1.165) is 25.2 Å². The number of ether oxygens (including phenoxy) is 1. The summed E-state index contributed by atoms with van der Waals surface area (Å²) in [7, 11) is 0. The average molecular weight is 441 g/mol. The van der Waals surface area contributed by atoms with Crippen LogP contribution < -0.4 is 20.3 Å². The summed E-state index contributed by atoms with van der Waals surface area (Å²) < 4.78 is 5.84. The van der Waals surface area contributed by atoms with Gasteiger partial charge in [-0.05, 0) is 48.4 Å². The summed E-state index contributed by atoms with van der Waals surface area (Å²) in [5.41, 5.74) is 4.38. The van der Waals surface area contributed by atoms with Crippen molar-refractivity contribution in [1.29, 1.82) is 0 Å². The molecular formula is C22H18Cl2N4O2. The number of carbonyl (C=O) groups excluding carboxylic acids is 1. The highest BCUT2D eigenvalue weighted by molar-refractivity contribution is 6.40. The Morgan fingerprint density at radius 1 is 1.10 bits per heavy atom. The molecule has 0 aliphatic carbocycles. The molecule has 1 aromatic heterocycles. The molecule has 3 heterocycles. The number of hydrogen-bond acceptors (Lipinski definition) is 5. The van der Waals surface area contributed by atoms with E-state index in [-0.39, 0.29) is 12.6 Å². The number of amides is 1. The summed E-state index contributed by atoms with van der Waals surface area (Å²) in [6.45, 7) is 1.89. The van der Waals surface area contributed by atoms with E-state index in [1.54, 1.807) is 24.3 Å². The van der Waals surface area contributed by atoms with Crippen LogP contribution in [0, 0.1) is 0 Å². The molecule has 6 nitrogen and oxygen atoms in total. The Hall–Kier alpha value is -2.80. The smallest absolute Gasteiger partial charge is 0.266 e. The minimum atomic E-state index is -0.259. The largest absolute Gasteiger partial charge is 0.472 e. The van der Waals surface area contributed by atoms with Crippen LogP contribution in [0.3, 0.4) is 0 Å². The van der Waals surface area contributed by atoms with Gasteiger partial charge in [0.2, 0.25) is 0 Å². The minimum Gasteiger partial charge on any atom is -0.472 e. The Morgan fingerprint density at radius 3 is 2.77 bits per heavy atom. The summed E-state index contributed by atoms with van der Waals surface area (Å²) in [5, 5.41) is 7.44. The van der Waals surface area contributed by atoms with Crippen LogP contribution in [0.25, 0.3) is 0 Å². The number of nitrogens with zero attached hydrogens (tertiary/aromatic N) is 2. The first kappa shape index (κ1) is 19.2. The number of para-hydroxylation sites is 1. The van der Waals surface area contributed by atoms with Gasteiger partial charge in [-0.15, -0.1) is 0 Å². The first-order valence-electron chi connectivity index (χ1n) is 9.58. The van der Waals surface area contributed by atoms with Gasteiger partial charge in [0.25, 0.3) is 5.91 Å². The number of benzene rings is 2. The molecule has 30 heavy (non-hydrogen) atoms. The number of pyridine rings is 1. The predicted octanol–water partition coefficient (Wildman–Crippen LogP) is 4.77. The fraction of sp³-hybridized carbons (Fsp3) is 0.182. The molecule has 3 aromatic rings. The van der Waals surface area contributed by atoms with E-state index in [2.05, 4.69) is 27.8 Å². The zero-order valence-corrected chi connectivity index (χ0v) is 17.4. The van der Waals surface area contributed by atoms with E-state index in [4.69, 9.17) is 27.9 Å². The van der Waals surface area contributed by atoms with Gasteiger partial charge in [0.05, 0.1) is 15.7 Å². The lowest BCUT2D eigenvalue weighted by molar-refractivity contribution is 0.0936. The quantitative estimate of drug-likeness (QED) is 0.613. The third-order valence-electron chi connectivity index (χ3n) is 5.26. The van der Waals surface area contributed by atoms with Crippen LogP contribution in [0.2, 0.25) is 10.0 Å². The van der Waals surface area contributed by atoms with Crippen LogP contribution >= 0.6 is 23.2 Å². The lowest BCUT2D eigenvalue weighted by atomic mass is 10.0. The number of carbonyl (C=O) groups is 1. The molecule has 0 saturated heterocycles. The van der Waals surface area contributed by atoms with Crippen LogP contribution in [0.5, 0.6) is 5.75 Å². The molecular weight excluding hydrogens is 423 g/mol. The van der Waals surface area contributed by atoms with Crippen LogP contribution in [-0.2, 0) is 13.0 Å². The van der Waals surface area contributed by atoms with Crippen molar-refractivity contribution < 1.29 is 9.53 Å². The van der Waals surface area contributed by atoms with Crippen molar-refractivity contribution in [3.63, 3.8) is 0 Å². The maximum absolute atomic E-state index is 13.0. The highest BCUT2D eigenvalue weighted by Gasteiger charge is 2.30. The van der Waals surface area contributed by atoms with Crippen molar-refractivity contribution in [3.05, 3.63) is 75.4 Å². The van der Waals surface area contributed by atoms with Gasteiger partial charge in [-0.3, -0.25) is 9.69 Å². The van der Waals surface area contributed by atoms with Crippen molar-refractivity contribution in [1.82, 2.24) is 10.3 Å². The highest BCUT2D eigenvalue weighted by atomic mass is 35.5. The number of rotatable bonds is 3. The summed E-state index contributed by atoms with van der Waals surface area (Å²) in [5.74, 6) is 0.816. The number of hydrogen-bond donors (Lipinski definition) is 2. The molecule has 0 atom stereocenters. The Kier molecular flexibility index (Phi) is 4.98. The highest BCUT2D eigenvalue weighted by Crippen LogP contribution is 2.37. The number of fused-ring (bicyclic) bond motifs is 2. The van der Waals surface area contributed by atoms with Gasteiger partial charge in [-0.25, -0.2) is 4.98 Å². The predicted molar refractivity (Wildman–Crippen MR) is 118 cm³/mol. The monoisotopic (exact) mass is 440 g/mol. The van der Waals surface area contributed by atoms with E-state index >= 15 is 0 Å². The van der Waals surface area contributed by atoms with Gasteiger partial charge in [-0.2, -0.15) is 0 Å². The molecule has 0 radical (unpaired) electrons. The Balaban J connectivity index is 1.40. The molecule has 0 bridgehead atoms. The molecule has 2 aromatic carbocycles. The SMILES string of the molecule is O=C1c2cnc(Nc3ccc4c(c3)CNCC4)cc2OCN1c1c(Cl)cccc1Cl. The number of nitrogens with one attached hydrogen (secondary N) is 2. The zero-order valence-electron chi connectivity index (χ0n) is 15.9. The Labute approximate surface area is 183 Å². The molecule has 0 spiro atoms. The van der Waals surface area contributed by atoms with E-state index in [1.165, 1.54) is 22.2 Å². The molecule has 0 unspecified atom stereocenters. The topological polar surface area (TPSA) is 66.5 Å². The molecule has 1 amide bonds. The second-order valence-electron chi connectivity index (χ2n) is 7.18. The first-order chi connectivity index (χ1) is 14.6. The molecule has 0 saturated carbocycles. The fourth-order valence-electron chi connectivity index (χ4n) is 3.74. The summed E-state index contributed by atoms with van der Waals surface area (Å²) in [6.07, 6.45) is 2.55. The Morgan fingerprint density at radius 2 is 1.93 bits per heavy atom. The third kappa shape index (κ3) is 3.47. The van der Waals surface area contributed by atoms with E-state index in [9.17, 15) is 4.79 Å². The molecule has 8 heteroatoms. The van der Waals surface area contributed by atoms with Gasteiger partial charge in [0.1, 0.15) is 17.1 Å². The molecule has 0 fully saturated rings. The van der Waals surface area contributed by atoms with Gasteiger partial charge in [0.15, 0.2) is 6.73 Å². The number of aromatic nitrogens is 1. The van der Waals surface area contributed by atoms with Crippen molar-refractivity contribution in [2.75, 3.05) is 23.5 Å². The molecule has 2 aliphatic heterocycles. The second kappa shape index (κ2) is 7.80. The summed E-state index contributed by atoms with van der Waals surface area (Å²) in [6, 6.07) is 13.1. The molecule has 2 N–H and O–H groups in total. The van der Waals surface area contributed by atoms with E-state index in [1.807, 2.05) is 6.07 Å². The van der Waals surface area contributed by atoms with Crippen molar-refractivity contribution in [2.24, 2.45) is 0 Å². The van der Waals surface area contributed by atoms with Crippen molar-refractivity contribution >= 4 is 46.3 Å². The lowest BCUT2D eigenvalue weighted by Gasteiger charge is -2.30. The maximum atomic E-state index is 13.0. The summed E-state index contributed by atoms with van der Waals surface area (Å²) >= 11 is 12.5. The Bertz CT molecular complexity index is 1130. The van der Waals surface area contributed by atoms with Gasteiger partial charge in [-0.1, -0.05) is 35.3 Å². The van der Waals surface area contributed by atoms with Crippen LogP contribution in [0.4, 0.5) is 17.2 Å². The van der Waals surface area contributed by atoms with Crippen LogP contribution in [0.1, 0.15) is 21.5 Å². The van der Waals surface area contributed by atoms with E-state index < -0.39 is 0 Å². The molecule has 5 rings (SSSR count). The standard InChI is InChI=1S/C22H18Cl2N4O2/c23-17-2-1-3-18(24)21(17)28-12-30-19-9-20(26-11-16(19)22(28)29)27-15-5-4-13-6-7-25-10-14(13)8-15/h1-5,8-9,11,25H,6-7,10,12H2,(H,26,27). The number of anilines is 3. The van der Waals surface area contributed by atoms with Gasteiger partial charge in [0, 0.05) is 24.5 Å². The van der Waals surface area contributed by atoms with Crippen LogP contribution in [0.15, 0.2) is 48.7 Å². The molecule has 2 aliphatic rings. The fourth-order valence-corrected chi connectivity index (χ4v) is 4.34. The minimum absolute atomic E-state index is 0.0171. The maximum Gasteiger partial charge on any atom is 0.266 e. The number of halogens is 2. The second-order valence-corrected chi connectivity index (χ2v) is 7.99. The lowest BCUT2D eigenvalue weighted by Crippen LogP contribution is -2.39. The zero-order chi connectivity index (χ0) is 20.7. The van der Waals surface area contributed by atoms with Crippen molar-refractivity contribution in [3.8, 4) is 5.75 Å². The third-order valence-corrected chi connectivity index (χ3v) is 5.87. The normalized spacial score (nSPS) is 15.3. The summed E-state index contributed by atoms with van der Waals surface area (Å²) in [4.78, 5) is 18.8.